The molecular formula is C22H20F2N4O3. The SMILES string of the molecule is CCOc1cc(F)c(CNc2ccccc2C(=N)c2nc3c(c(=O)[nH]2)COC3)c(F)c1. The first-order valence-corrected chi connectivity index (χ1v) is 9.70. The number of nitrogens with one attached hydrogen (secondary N) is 3. The van der Waals surface area contributed by atoms with Crippen LogP contribution in [-0.2, 0) is 24.5 Å². The number of aromatic amines is 1. The number of rotatable bonds is 7. The summed E-state index contributed by atoms with van der Waals surface area (Å²) in [7, 11) is 0. The van der Waals surface area contributed by atoms with Gasteiger partial charge in [0, 0.05) is 35.5 Å². The zero-order valence-corrected chi connectivity index (χ0v) is 16.7. The van der Waals surface area contributed by atoms with Crippen molar-refractivity contribution in [2.24, 2.45) is 0 Å². The van der Waals surface area contributed by atoms with Crippen molar-refractivity contribution in [2.45, 2.75) is 26.7 Å². The molecule has 1 aliphatic rings. The van der Waals surface area contributed by atoms with Crippen LogP contribution in [0.4, 0.5) is 14.5 Å². The van der Waals surface area contributed by atoms with Crippen molar-refractivity contribution in [1.29, 1.82) is 5.41 Å². The van der Waals surface area contributed by atoms with Crippen LogP contribution in [0.3, 0.4) is 0 Å². The van der Waals surface area contributed by atoms with Crippen LogP contribution in [0.15, 0.2) is 41.2 Å². The Morgan fingerprint density at radius 2 is 2.00 bits per heavy atom. The van der Waals surface area contributed by atoms with E-state index in [1.165, 1.54) is 0 Å². The van der Waals surface area contributed by atoms with Crippen molar-refractivity contribution < 1.29 is 18.3 Å². The largest absolute Gasteiger partial charge is 0.494 e. The lowest BCUT2D eigenvalue weighted by atomic mass is 10.1. The molecule has 0 radical (unpaired) electrons. The fourth-order valence-corrected chi connectivity index (χ4v) is 3.35. The van der Waals surface area contributed by atoms with Crippen LogP contribution in [-0.4, -0.2) is 22.3 Å². The maximum absolute atomic E-state index is 14.4. The van der Waals surface area contributed by atoms with Gasteiger partial charge in [0.15, 0.2) is 5.82 Å². The summed E-state index contributed by atoms with van der Waals surface area (Å²) in [5.74, 6) is -1.23. The number of fused-ring (bicyclic) bond motifs is 1. The molecule has 1 aromatic heterocycles. The summed E-state index contributed by atoms with van der Waals surface area (Å²) in [5.41, 5.74) is 1.35. The van der Waals surface area contributed by atoms with Crippen LogP contribution >= 0.6 is 0 Å². The maximum atomic E-state index is 14.4. The number of halogens is 2. The fourth-order valence-electron chi connectivity index (χ4n) is 3.35. The lowest BCUT2D eigenvalue weighted by Gasteiger charge is -2.14. The Hall–Kier alpha value is -3.59. The molecule has 0 unspecified atom stereocenters. The molecule has 0 fully saturated rings. The molecule has 0 saturated carbocycles. The molecule has 0 amide bonds. The lowest BCUT2D eigenvalue weighted by Crippen LogP contribution is -2.21. The number of H-pyrrole nitrogens is 1. The highest BCUT2D eigenvalue weighted by molar-refractivity contribution is 6.11. The first kappa shape index (κ1) is 20.7. The minimum absolute atomic E-state index is 0.0254. The van der Waals surface area contributed by atoms with Gasteiger partial charge in [-0.25, -0.2) is 13.8 Å². The Morgan fingerprint density at radius 3 is 2.74 bits per heavy atom. The molecule has 1 aliphatic heterocycles. The van der Waals surface area contributed by atoms with Crippen molar-refractivity contribution in [3.63, 3.8) is 0 Å². The number of hydrogen-bond acceptors (Lipinski definition) is 6. The summed E-state index contributed by atoms with van der Waals surface area (Å²) < 4.78 is 39.1. The number of para-hydroxylation sites is 1. The van der Waals surface area contributed by atoms with E-state index in [0.29, 0.717) is 29.1 Å². The molecule has 0 aliphatic carbocycles. The van der Waals surface area contributed by atoms with Crippen LogP contribution in [0, 0.1) is 17.0 Å². The predicted octanol–water partition coefficient (Wildman–Crippen LogP) is 3.51. The molecular weight excluding hydrogens is 406 g/mol. The van der Waals surface area contributed by atoms with Gasteiger partial charge < -0.3 is 19.8 Å². The summed E-state index contributed by atoms with van der Waals surface area (Å²) >= 11 is 0. The molecule has 0 atom stereocenters. The Kier molecular flexibility index (Phi) is 5.77. The van der Waals surface area contributed by atoms with Gasteiger partial charge in [0.05, 0.1) is 31.1 Å². The Morgan fingerprint density at radius 1 is 1.26 bits per heavy atom. The van der Waals surface area contributed by atoms with Crippen molar-refractivity contribution in [3.8, 4) is 5.75 Å². The molecule has 7 nitrogen and oxygen atoms in total. The standard InChI is InChI=1S/C22H20F2N4O3/c1-2-31-12-7-16(23)14(17(24)8-12)9-26-18-6-4-3-5-13(18)20(25)21-27-19-11-30-10-15(19)22(29)28-21/h3-8,25-26H,2,9-11H2,1H3,(H,27,28,29). The van der Waals surface area contributed by atoms with Gasteiger partial charge in [-0.15, -0.1) is 0 Å². The van der Waals surface area contributed by atoms with E-state index in [1.54, 1.807) is 31.2 Å². The summed E-state index contributed by atoms with van der Waals surface area (Å²) in [6.45, 7) is 2.30. The number of anilines is 1. The highest BCUT2D eigenvalue weighted by Gasteiger charge is 2.21. The summed E-state index contributed by atoms with van der Waals surface area (Å²) in [6.07, 6.45) is 0. The van der Waals surface area contributed by atoms with Gasteiger partial charge in [0.2, 0.25) is 0 Å². The van der Waals surface area contributed by atoms with Crippen LogP contribution < -0.4 is 15.6 Å². The van der Waals surface area contributed by atoms with Crippen molar-refractivity contribution >= 4 is 11.4 Å². The Bertz CT molecular complexity index is 1190. The van der Waals surface area contributed by atoms with Gasteiger partial charge in [-0.05, 0) is 13.0 Å². The molecule has 4 rings (SSSR count). The van der Waals surface area contributed by atoms with E-state index in [2.05, 4.69) is 15.3 Å². The van der Waals surface area contributed by atoms with Crippen molar-refractivity contribution in [1.82, 2.24) is 9.97 Å². The van der Waals surface area contributed by atoms with Gasteiger partial charge in [-0.2, -0.15) is 0 Å². The number of nitrogens with zero attached hydrogens (tertiary/aromatic N) is 1. The lowest BCUT2D eigenvalue weighted by molar-refractivity contribution is 0.133. The third-order valence-electron chi connectivity index (χ3n) is 4.90. The van der Waals surface area contributed by atoms with E-state index >= 15 is 0 Å². The molecule has 3 N–H and O–H groups in total. The second-order valence-corrected chi connectivity index (χ2v) is 6.91. The number of ether oxygens (including phenoxy) is 2. The average molecular weight is 426 g/mol. The highest BCUT2D eigenvalue weighted by Crippen LogP contribution is 2.24. The van der Waals surface area contributed by atoms with Gasteiger partial charge in [0.25, 0.3) is 5.56 Å². The van der Waals surface area contributed by atoms with Crippen molar-refractivity contribution in [2.75, 3.05) is 11.9 Å². The number of hydrogen-bond donors (Lipinski definition) is 3. The average Bonchev–Trinajstić information content (AvgIpc) is 3.22. The third kappa shape index (κ3) is 4.17. The highest BCUT2D eigenvalue weighted by atomic mass is 19.1. The third-order valence-corrected chi connectivity index (χ3v) is 4.90. The zero-order valence-electron chi connectivity index (χ0n) is 16.7. The minimum Gasteiger partial charge on any atom is -0.494 e. The molecule has 2 aromatic carbocycles. The molecule has 3 aromatic rings. The molecule has 0 bridgehead atoms. The van der Waals surface area contributed by atoms with Crippen molar-refractivity contribution in [3.05, 3.63) is 86.6 Å². The predicted molar refractivity (Wildman–Crippen MR) is 111 cm³/mol. The fraction of sp³-hybridized carbons (Fsp3) is 0.227. The Balaban J connectivity index is 1.60. The summed E-state index contributed by atoms with van der Waals surface area (Å²) in [6, 6.07) is 9.08. The summed E-state index contributed by atoms with van der Waals surface area (Å²) in [5, 5.41) is 11.5. The van der Waals surface area contributed by atoms with E-state index in [-0.39, 0.29) is 48.2 Å². The molecule has 0 spiro atoms. The minimum atomic E-state index is -0.729. The first-order chi connectivity index (χ1) is 15.0. The zero-order chi connectivity index (χ0) is 22.0. The quantitative estimate of drug-likeness (QED) is 0.502. The van der Waals surface area contributed by atoms with Crippen LogP contribution in [0.25, 0.3) is 0 Å². The monoisotopic (exact) mass is 426 g/mol. The first-order valence-electron chi connectivity index (χ1n) is 9.70. The van der Waals surface area contributed by atoms with Gasteiger partial charge in [0.1, 0.15) is 23.1 Å². The van der Waals surface area contributed by atoms with Gasteiger partial charge in [-0.3, -0.25) is 10.2 Å². The van der Waals surface area contributed by atoms with E-state index in [4.69, 9.17) is 14.9 Å². The number of aromatic nitrogens is 2. The molecule has 0 saturated heterocycles. The van der Waals surface area contributed by atoms with E-state index in [9.17, 15) is 13.6 Å². The second kappa shape index (κ2) is 8.65. The smallest absolute Gasteiger partial charge is 0.257 e. The normalized spacial score (nSPS) is 12.5. The van der Waals surface area contributed by atoms with Gasteiger partial charge >= 0.3 is 0 Å². The molecule has 31 heavy (non-hydrogen) atoms. The van der Waals surface area contributed by atoms with Gasteiger partial charge in [-0.1, -0.05) is 18.2 Å². The van der Waals surface area contributed by atoms with Crippen LogP contribution in [0.1, 0.15) is 35.1 Å². The second-order valence-electron chi connectivity index (χ2n) is 6.91. The molecule has 2 heterocycles. The van der Waals surface area contributed by atoms with E-state index in [0.717, 1.165) is 12.1 Å². The van der Waals surface area contributed by atoms with E-state index < -0.39 is 11.6 Å². The maximum Gasteiger partial charge on any atom is 0.257 e. The number of benzene rings is 2. The Labute approximate surface area is 176 Å². The topological polar surface area (TPSA) is 100 Å². The van der Waals surface area contributed by atoms with E-state index in [1.807, 2.05) is 0 Å². The van der Waals surface area contributed by atoms with Crippen LogP contribution in [0.2, 0.25) is 0 Å². The molecule has 9 heteroatoms. The molecule has 160 valence electrons. The summed E-state index contributed by atoms with van der Waals surface area (Å²) in [4.78, 5) is 19.2. The van der Waals surface area contributed by atoms with Crippen LogP contribution in [0.5, 0.6) is 5.75 Å².